The number of ketones is 1. The average Bonchev–Trinajstić information content (AvgIpc) is 3.62. The number of hydrogen-bond acceptors (Lipinski definition) is 6. The summed E-state index contributed by atoms with van der Waals surface area (Å²) in [6.07, 6.45) is 6.84. The Hall–Kier alpha value is -3.30. The average molecular weight is 501 g/mol. The lowest BCUT2D eigenvalue weighted by atomic mass is 9.83. The first-order chi connectivity index (χ1) is 17.4. The molecule has 2 N–H and O–H groups in total. The molecule has 2 saturated carbocycles. The van der Waals surface area contributed by atoms with Crippen molar-refractivity contribution in [3.63, 3.8) is 0 Å². The number of hydrogen-bond donors (Lipinski definition) is 2. The first-order valence-electron chi connectivity index (χ1n) is 12.8. The molecule has 36 heavy (non-hydrogen) atoms. The van der Waals surface area contributed by atoms with Gasteiger partial charge in [0.15, 0.2) is 0 Å². The first-order valence-corrected chi connectivity index (χ1v) is 12.8. The van der Waals surface area contributed by atoms with E-state index in [2.05, 4.69) is 15.7 Å². The monoisotopic (exact) mass is 500 g/mol. The van der Waals surface area contributed by atoms with Crippen molar-refractivity contribution in [1.29, 1.82) is 0 Å². The van der Waals surface area contributed by atoms with E-state index < -0.39 is 35.4 Å². The van der Waals surface area contributed by atoms with E-state index in [1.54, 1.807) is 0 Å². The molecule has 194 valence electrons. The van der Waals surface area contributed by atoms with Crippen molar-refractivity contribution >= 4 is 17.6 Å². The standard InChI is InChI=1S/C26H33FN4O5/c1-2-3-7-21(22(32)25-30-31(26(35)36-25)15-16-9-10-16)29-24(34)19-6-4-5-8-20(19)28-23(33)17-11-13-18(27)14-12-17/h11-14,16,19-21H,2-10,15H2,1H3,(H,28,33)(H,29,34)/t19-,20+,21+/m1/s1. The smallest absolute Gasteiger partial charge is 0.384 e. The highest BCUT2D eigenvalue weighted by Crippen LogP contribution is 2.30. The van der Waals surface area contributed by atoms with Gasteiger partial charge in [-0.3, -0.25) is 14.4 Å². The molecule has 2 amide bonds. The number of halogens is 1. The van der Waals surface area contributed by atoms with Crippen LogP contribution in [0.2, 0.25) is 0 Å². The van der Waals surface area contributed by atoms with Crippen LogP contribution in [-0.4, -0.2) is 39.5 Å². The first kappa shape index (κ1) is 25.8. The summed E-state index contributed by atoms with van der Waals surface area (Å²) in [4.78, 5) is 51.3. The summed E-state index contributed by atoms with van der Waals surface area (Å²) >= 11 is 0. The molecule has 0 radical (unpaired) electrons. The van der Waals surface area contributed by atoms with E-state index >= 15 is 0 Å². The fourth-order valence-electron chi connectivity index (χ4n) is 4.64. The molecule has 2 aliphatic rings. The quantitative estimate of drug-likeness (QED) is 0.457. The van der Waals surface area contributed by atoms with Gasteiger partial charge in [0.2, 0.25) is 11.7 Å². The molecule has 2 aliphatic carbocycles. The summed E-state index contributed by atoms with van der Waals surface area (Å²) in [5.41, 5.74) is 0.314. The van der Waals surface area contributed by atoms with Gasteiger partial charge in [-0.05, 0) is 62.3 Å². The van der Waals surface area contributed by atoms with Gasteiger partial charge in [-0.2, -0.15) is 4.68 Å². The Morgan fingerprint density at radius 2 is 1.86 bits per heavy atom. The van der Waals surface area contributed by atoms with Crippen LogP contribution in [0.1, 0.15) is 85.8 Å². The molecule has 0 saturated heterocycles. The predicted molar refractivity (Wildman–Crippen MR) is 129 cm³/mol. The minimum absolute atomic E-state index is 0.285. The molecule has 1 aromatic carbocycles. The molecule has 0 aliphatic heterocycles. The zero-order chi connectivity index (χ0) is 25.7. The molecule has 0 bridgehead atoms. The molecule has 10 heteroatoms. The van der Waals surface area contributed by atoms with Crippen LogP contribution in [0.25, 0.3) is 0 Å². The van der Waals surface area contributed by atoms with Gasteiger partial charge < -0.3 is 15.1 Å². The molecule has 0 spiro atoms. The van der Waals surface area contributed by atoms with Crippen LogP contribution in [0.3, 0.4) is 0 Å². The van der Waals surface area contributed by atoms with E-state index in [4.69, 9.17) is 4.42 Å². The van der Waals surface area contributed by atoms with E-state index in [1.165, 1.54) is 28.9 Å². The third-order valence-electron chi connectivity index (χ3n) is 6.95. The second-order valence-electron chi connectivity index (χ2n) is 9.84. The van der Waals surface area contributed by atoms with Crippen molar-refractivity contribution in [3.8, 4) is 0 Å². The second-order valence-corrected chi connectivity index (χ2v) is 9.84. The van der Waals surface area contributed by atoms with Crippen LogP contribution in [0.5, 0.6) is 0 Å². The minimum Gasteiger partial charge on any atom is -0.384 e. The summed E-state index contributed by atoms with van der Waals surface area (Å²) in [5, 5.41) is 9.85. The van der Waals surface area contributed by atoms with Gasteiger partial charge in [0.05, 0.1) is 18.5 Å². The molecule has 0 unspecified atom stereocenters. The normalized spacial score (nSPS) is 20.5. The number of nitrogens with zero attached hydrogens (tertiary/aromatic N) is 2. The van der Waals surface area contributed by atoms with Gasteiger partial charge in [-0.25, -0.2) is 9.18 Å². The van der Waals surface area contributed by atoms with Crippen molar-refractivity contribution < 1.29 is 23.2 Å². The topological polar surface area (TPSA) is 123 Å². The number of carbonyl (C=O) groups excluding carboxylic acids is 3. The molecular weight excluding hydrogens is 467 g/mol. The molecule has 3 atom stereocenters. The number of carbonyl (C=O) groups is 3. The van der Waals surface area contributed by atoms with E-state index in [1.807, 2.05) is 6.92 Å². The van der Waals surface area contributed by atoms with Crippen molar-refractivity contribution in [1.82, 2.24) is 20.4 Å². The van der Waals surface area contributed by atoms with E-state index in [9.17, 15) is 23.6 Å². The van der Waals surface area contributed by atoms with E-state index in [-0.39, 0.29) is 17.7 Å². The maximum absolute atomic E-state index is 13.3. The van der Waals surface area contributed by atoms with E-state index in [0.717, 1.165) is 32.1 Å². The summed E-state index contributed by atoms with van der Waals surface area (Å²) in [6, 6.07) is 3.95. The fraction of sp³-hybridized carbons (Fsp3) is 0.577. The van der Waals surface area contributed by atoms with Crippen LogP contribution >= 0.6 is 0 Å². The molecule has 4 rings (SSSR count). The summed E-state index contributed by atoms with van der Waals surface area (Å²) < 4.78 is 19.5. The Balaban J connectivity index is 1.44. The summed E-state index contributed by atoms with van der Waals surface area (Å²) in [6.45, 7) is 2.41. The Morgan fingerprint density at radius 3 is 2.56 bits per heavy atom. The van der Waals surface area contributed by atoms with Crippen molar-refractivity contribution in [3.05, 3.63) is 52.1 Å². The van der Waals surface area contributed by atoms with Crippen LogP contribution in [0, 0.1) is 17.7 Å². The number of rotatable bonds is 11. The molecular formula is C26H33FN4O5. The highest BCUT2D eigenvalue weighted by Gasteiger charge is 2.35. The molecule has 9 nitrogen and oxygen atoms in total. The lowest BCUT2D eigenvalue weighted by Crippen LogP contribution is -2.51. The maximum atomic E-state index is 13.3. The van der Waals surface area contributed by atoms with Crippen molar-refractivity contribution in [2.24, 2.45) is 11.8 Å². The number of aromatic nitrogens is 2. The van der Waals surface area contributed by atoms with Gasteiger partial charge in [-0.15, -0.1) is 5.10 Å². The van der Waals surface area contributed by atoms with Gasteiger partial charge in [0, 0.05) is 11.6 Å². The van der Waals surface area contributed by atoms with E-state index in [0.29, 0.717) is 43.7 Å². The fourth-order valence-corrected chi connectivity index (χ4v) is 4.64. The summed E-state index contributed by atoms with van der Waals surface area (Å²) in [5.74, 6) is -2.73. The number of unbranched alkanes of at least 4 members (excludes halogenated alkanes) is 1. The zero-order valence-corrected chi connectivity index (χ0v) is 20.5. The third kappa shape index (κ3) is 6.47. The Labute approximate surface area is 208 Å². The molecule has 1 aromatic heterocycles. The predicted octanol–water partition coefficient (Wildman–Crippen LogP) is 3.23. The summed E-state index contributed by atoms with van der Waals surface area (Å²) in [7, 11) is 0. The molecule has 2 fully saturated rings. The van der Waals surface area contributed by atoms with Crippen LogP contribution in [0.4, 0.5) is 4.39 Å². The Bertz CT molecular complexity index is 1140. The van der Waals surface area contributed by atoms with Gasteiger partial charge >= 0.3 is 5.76 Å². The van der Waals surface area contributed by atoms with Crippen molar-refractivity contribution in [2.45, 2.75) is 83.3 Å². The SMILES string of the molecule is CCCC[C@H](NC(=O)[C@@H]1CCCC[C@@H]1NC(=O)c1ccc(F)cc1)C(=O)c1nn(CC2CC2)c(=O)o1. The number of amides is 2. The lowest BCUT2D eigenvalue weighted by molar-refractivity contribution is -0.127. The van der Waals surface area contributed by atoms with Crippen LogP contribution in [0.15, 0.2) is 33.5 Å². The van der Waals surface area contributed by atoms with Crippen LogP contribution in [-0.2, 0) is 11.3 Å². The number of nitrogens with one attached hydrogen (secondary N) is 2. The highest BCUT2D eigenvalue weighted by atomic mass is 19.1. The second kappa shape index (κ2) is 11.6. The van der Waals surface area contributed by atoms with Gasteiger partial charge in [-0.1, -0.05) is 32.6 Å². The third-order valence-corrected chi connectivity index (χ3v) is 6.95. The van der Waals surface area contributed by atoms with Crippen LogP contribution < -0.4 is 16.4 Å². The zero-order valence-electron chi connectivity index (χ0n) is 20.5. The van der Waals surface area contributed by atoms with Crippen molar-refractivity contribution in [2.75, 3.05) is 0 Å². The highest BCUT2D eigenvalue weighted by molar-refractivity contribution is 5.99. The molecule has 2 aromatic rings. The van der Waals surface area contributed by atoms with Gasteiger partial charge in [0.25, 0.3) is 11.8 Å². The minimum atomic E-state index is -0.875. The number of Topliss-reactive ketones (excluding diaryl/α,β-unsaturated/α-hetero) is 1. The lowest BCUT2D eigenvalue weighted by Gasteiger charge is -2.32. The Kier molecular flexibility index (Phi) is 8.32. The largest absolute Gasteiger partial charge is 0.437 e. The Morgan fingerprint density at radius 1 is 1.14 bits per heavy atom. The maximum Gasteiger partial charge on any atom is 0.437 e. The molecule has 1 heterocycles. The number of benzene rings is 1. The van der Waals surface area contributed by atoms with Gasteiger partial charge in [0.1, 0.15) is 5.82 Å².